The molecule has 1 rings (SSSR count). The molecule has 0 amide bonds. The average Bonchev–Trinajstić information content (AvgIpc) is 2.02. The minimum Gasteiger partial charge on any atom is -0.282 e. The molecule has 80 valence electrons. The Bertz CT molecular complexity index is 488. The molecule has 9 heteroatoms. The summed E-state index contributed by atoms with van der Waals surface area (Å²) < 4.78 is 30.0. The number of nitro benzene ring substituents is 1. The van der Waals surface area contributed by atoms with Crippen LogP contribution in [0.15, 0.2) is 23.1 Å². The SMILES string of the molecule is O=[N+]([O-])c1ccc(Cl)c(S(=O)(=O)O)c1.[Nd]. The van der Waals surface area contributed by atoms with Crippen LogP contribution >= 0.6 is 11.6 Å². The van der Waals surface area contributed by atoms with Gasteiger partial charge in [0.05, 0.1) is 9.95 Å². The molecule has 0 atom stereocenters. The van der Waals surface area contributed by atoms with E-state index >= 15 is 0 Å². The summed E-state index contributed by atoms with van der Waals surface area (Å²) in [6.45, 7) is 0. The minimum atomic E-state index is -4.53. The minimum absolute atomic E-state index is 0. The van der Waals surface area contributed by atoms with E-state index < -0.39 is 25.6 Å². The molecule has 0 saturated heterocycles. The molecule has 0 aliphatic carbocycles. The van der Waals surface area contributed by atoms with Crippen LogP contribution in [-0.4, -0.2) is 17.9 Å². The van der Waals surface area contributed by atoms with Gasteiger partial charge in [-0.15, -0.1) is 0 Å². The van der Waals surface area contributed by atoms with E-state index in [4.69, 9.17) is 16.2 Å². The van der Waals surface area contributed by atoms with E-state index in [0.29, 0.717) is 6.07 Å². The van der Waals surface area contributed by atoms with Crippen LogP contribution in [-0.2, 0) is 10.1 Å². The maximum absolute atomic E-state index is 10.7. The zero-order chi connectivity index (χ0) is 10.9. The molecular weight excluding hydrogens is 378 g/mol. The zero-order valence-corrected chi connectivity index (χ0v) is 11.8. The third-order valence-electron chi connectivity index (χ3n) is 1.40. The van der Waals surface area contributed by atoms with E-state index in [9.17, 15) is 18.5 Å². The molecule has 0 unspecified atom stereocenters. The third kappa shape index (κ3) is 3.91. The fourth-order valence-electron chi connectivity index (χ4n) is 0.803. The van der Waals surface area contributed by atoms with Gasteiger partial charge in [-0.05, 0) is 6.07 Å². The fraction of sp³-hybridized carbons (Fsp3) is 0. The molecule has 0 spiro atoms. The van der Waals surface area contributed by atoms with Crippen molar-refractivity contribution in [3.05, 3.63) is 33.3 Å². The Morgan fingerprint density at radius 1 is 1.40 bits per heavy atom. The second-order valence-electron chi connectivity index (χ2n) is 2.35. The molecule has 0 radical (unpaired) electrons. The van der Waals surface area contributed by atoms with E-state index in [1.807, 2.05) is 0 Å². The predicted octanol–water partition coefficient (Wildman–Crippen LogP) is 1.49. The van der Waals surface area contributed by atoms with Crippen molar-refractivity contribution in [3.63, 3.8) is 0 Å². The Hall–Kier alpha value is 0.171. The first-order valence-electron chi connectivity index (χ1n) is 3.24. The number of hydrogen-bond acceptors (Lipinski definition) is 4. The molecule has 1 aromatic rings. The first kappa shape index (κ1) is 15.2. The van der Waals surface area contributed by atoms with Crippen molar-refractivity contribution in [1.29, 1.82) is 0 Å². The van der Waals surface area contributed by atoms with Gasteiger partial charge < -0.3 is 0 Å². The molecule has 0 bridgehead atoms. The number of benzene rings is 1. The zero-order valence-electron chi connectivity index (χ0n) is 7.05. The van der Waals surface area contributed by atoms with Crippen molar-refractivity contribution >= 4 is 27.4 Å². The molecule has 6 nitrogen and oxygen atoms in total. The summed E-state index contributed by atoms with van der Waals surface area (Å²) in [5.74, 6) is 0. The number of non-ortho nitro benzene ring substituents is 1. The predicted molar refractivity (Wildman–Crippen MR) is 47.9 cm³/mol. The van der Waals surface area contributed by atoms with Gasteiger partial charge in [-0.3, -0.25) is 14.7 Å². The van der Waals surface area contributed by atoms with Crippen molar-refractivity contribution in [2.45, 2.75) is 4.90 Å². The van der Waals surface area contributed by atoms with Crippen LogP contribution in [0.2, 0.25) is 5.02 Å². The maximum atomic E-state index is 10.7. The molecule has 0 aliphatic heterocycles. The first-order valence-corrected chi connectivity index (χ1v) is 5.05. The van der Waals surface area contributed by atoms with Crippen molar-refractivity contribution in [2.75, 3.05) is 0 Å². The van der Waals surface area contributed by atoms with Gasteiger partial charge in [0, 0.05) is 53.0 Å². The molecule has 0 heterocycles. The molecule has 0 fully saturated rings. The van der Waals surface area contributed by atoms with E-state index in [2.05, 4.69) is 0 Å². The topological polar surface area (TPSA) is 97.5 Å². The van der Waals surface area contributed by atoms with Crippen LogP contribution in [0.5, 0.6) is 0 Å². The molecule has 0 aromatic heterocycles. The first-order chi connectivity index (χ1) is 6.32. The van der Waals surface area contributed by atoms with E-state index in [1.54, 1.807) is 0 Å². The van der Waals surface area contributed by atoms with Crippen LogP contribution in [0.4, 0.5) is 5.69 Å². The summed E-state index contributed by atoms with van der Waals surface area (Å²) >= 11 is 5.42. The summed E-state index contributed by atoms with van der Waals surface area (Å²) in [5.41, 5.74) is -0.456. The summed E-state index contributed by atoms with van der Waals surface area (Å²) in [6.07, 6.45) is 0. The Balaban J connectivity index is 0.00000196. The quantitative estimate of drug-likeness (QED) is 0.475. The van der Waals surface area contributed by atoms with Gasteiger partial charge in [-0.1, -0.05) is 11.6 Å². The van der Waals surface area contributed by atoms with Gasteiger partial charge in [-0.25, -0.2) is 0 Å². The van der Waals surface area contributed by atoms with Gasteiger partial charge in [-0.2, -0.15) is 8.42 Å². The van der Waals surface area contributed by atoms with Crippen LogP contribution in [0.3, 0.4) is 0 Å². The molecule has 0 aliphatic rings. The number of hydrogen-bond donors (Lipinski definition) is 1. The third-order valence-corrected chi connectivity index (χ3v) is 2.74. The molecular formula is C6H4ClNNdO5S. The van der Waals surface area contributed by atoms with E-state index in [-0.39, 0.29) is 45.9 Å². The number of rotatable bonds is 2. The smallest absolute Gasteiger partial charge is 0.282 e. The van der Waals surface area contributed by atoms with Crippen LogP contribution < -0.4 is 0 Å². The monoisotopic (exact) mass is 379 g/mol. The van der Waals surface area contributed by atoms with Crippen molar-refractivity contribution in [2.24, 2.45) is 0 Å². The summed E-state index contributed by atoms with van der Waals surface area (Å²) in [6, 6.07) is 2.76. The van der Waals surface area contributed by atoms with Gasteiger partial charge in [0.2, 0.25) is 0 Å². The molecule has 0 saturated carbocycles. The molecule has 1 aromatic carbocycles. The van der Waals surface area contributed by atoms with Crippen molar-refractivity contribution < 1.29 is 58.7 Å². The van der Waals surface area contributed by atoms with Crippen molar-refractivity contribution in [1.82, 2.24) is 0 Å². The summed E-state index contributed by atoms with van der Waals surface area (Å²) in [4.78, 5) is 8.82. The second kappa shape index (κ2) is 5.48. The largest absolute Gasteiger partial charge is 0.296 e. The number of halogens is 1. The van der Waals surface area contributed by atoms with E-state index in [0.717, 1.165) is 12.1 Å². The molecule has 1 N–H and O–H groups in total. The Kier molecular flexibility index (Phi) is 5.55. The average molecular weight is 382 g/mol. The number of nitro groups is 1. The summed E-state index contributed by atoms with van der Waals surface area (Å²) in [5, 5.41) is 10.0. The maximum Gasteiger partial charge on any atom is 0.296 e. The Morgan fingerprint density at radius 2 is 1.93 bits per heavy atom. The van der Waals surface area contributed by atoms with Crippen LogP contribution in [0, 0.1) is 51.0 Å². The van der Waals surface area contributed by atoms with Gasteiger partial charge in [0.25, 0.3) is 15.8 Å². The van der Waals surface area contributed by atoms with Gasteiger partial charge in [0.15, 0.2) is 0 Å². The molecule has 15 heavy (non-hydrogen) atoms. The van der Waals surface area contributed by atoms with Crippen molar-refractivity contribution in [3.8, 4) is 0 Å². The second-order valence-corrected chi connectivity index (χ2v) is 4.14. The number of nitrogens with zero attached hydrogens (tertiary/aromatic N) is 1. The van der Waals surface area contributed by atoms with E-state index in [1.165, 1.54) is 0 Å². The Labute approximate surface area is 123 Å². The summed E-state index contributed by atoms with van der Waals surface area (Å²) in [7, 11) is -4.53. The van der Waals surface area contributed by atoms with Crippen LogP contribution in [0.1, 0.15) is 0 Å². The Morgan fingerprint density at radius 3 is 2.33 bits per heavy atom. The van der Waals surface area contributed by atoms with Gasteiger partial charge >= 0.3 is 0 Å². The van der Waals surface area contributed by atoms with Gasteiger partial charge in [0.1, 0.15) is 4.90 Å². The normalized spacial score (nSPS) is 10.5. The standard InChI is InChI=1S/C6H4ClNO5S.Nd/c7-5-2-1-4(8(9)10)3-6(5)14(11,12)13;/h1-3H,(H,11,12,13);. The van der Waals surface area contributed by atoms with Crippen LogP contribution in [0.25, 0.3) is 0 Å². The fourth-order valence-corrected chi connectivity index (χ4v) is 1.80.